The quantitative estimate of drug-likeness (QED) is 0.819. The van der Waals surface area contributed by atoms with Crippen LogP contribution < -0.4 is 11.1 Å². The van der Waals surface area contributed by atoms with Crippen molar-refractivity contribution in [2.45, 2.75) is 13.0 Å². The van der Waals surface area contributed by atoms with Gasteiger partial charge in [-0.3, -0.25) is 0 Å². The molecule has 0 spiro atoms. The lowest BCUT2D eigenvalue weighted by Gasteiger charge is -2.18. The number of hydrogen-bond donors (Lipinski definition) is 2. The normalized spacial score (nSPS) is 12.5. The van der Waals surface area contributed by atoms with Gasteiger partial charge in [0.25, 0.3) is 0 Å². The third-order valence-electron chi connectivity index (χ3n) is 2.22. The molecule has 0 aliphatic rings. The molecular weight excluding hydrogens is 288 g/mol. The summed E-state index contributed by atoms with van der Waals surface area (Å²) in [5, 5.41) is 4.04. The number of nitrogens with one attached hydrogen (secondary N) is 1. The number of hydrogen-bond acceptors (Lipinski definition) is 2. The monoisotopic (exact) mass is 302 g/mol. The molecule has 1 rings (SSSR count). The second-order valence-electron chi connectivity index (χ2n) is 3.79. The van der Waals surface area contributed by atoms with Crippen LogP contribution in [0.25, 0.3) is 0 Å². The molecule has 0 heterocycles. The van der Waals surface area contributed by atoms with Gasteiger partial charge < -0.3 is 11.1 Å². The molecular formula is C12H16BrClN2. The van der Waals surface area contributed by atoms with E-state index in [0.29, 0.717) is 6.54 Å². The molecule has 16 heavy (non-hydrogen) atoms. The Hall–Kier alpha value is -0.350. The Kier molecular flexibility index (Phi) is 5.49. The van der Waals surface area contributed by atoms with E-state index in [-0.39, 0.29) is 6.04 Å². The third-order valence-corrected chi connectivity index (χ3v) is 3.04. The van der Waals surface area contributed by atoms with Gasteiger partial charge in [0, 0.05) is 28.6 Å². The Morgan fingerprint density at radius 3 is 2.81 bits per heavy atom. The summed E-state index contributed by atoms with van der Waals surface area (Å²) in [4.78, 5) is 0. The van der Waals surface area contributed by atoms with Crippen LogP contribution in [0.1, 0.15) is 18.5 Å². The van der Waals surface area contributed by atoms with Crippen LogP contribution in [-0.2, 0) is 0 Å². The SMILES string of the molecule is C=C(C)CNC(CN)c1ccc(Br)cc1Cl. The maximum atomic E-state index is 6.17. The summed E-state index contributed by atoms with van der Waals surface area (Å²) in [5.74, 6) is 0. The average Bonchev–Trinajstić information content (AvgIpc) is 2.21. The van der Waals surface area contributed by atoms with E-state index in [4.69, 9.17) is 17.3 Å². The highest BCUT2D eigenvalue weighted by atomic mass is 79.9. The van der Waals surface area contributed by atoms with Crippen LogP contribution in [0.15, 0.2) is 34.8 Å². The molecule has 2 nitrogen and oxygen atoms in total. The van der Waals surface area contributed by atoms with E-state index >= 15 is 0 Å². The Labute approximate surface area is 110 Å². The van der Waals surface area contributed by atoms with Gasteiger partial charge in [-0.05, 0) is 24.6 Å². The lowest BCUT2D eigenvalue weighted by Crippen LogP contribution is -2.29. The fourth-order valence-electron chi connectivity index (χ4n) is 1.40. The molecule has 0 aliphatic heterocycles. The smallest absolute Gasteiger partial charge is 0.0465 e. The van der Waals surface area contributed by atoms with Crippen LogP contribution in [0, 0.1) is 0 Å². The summed E-state index contributed by atoms with van der Waals surface area (Å²) in [6.07, 6.45) is 0. The number of rotatable bonds is 5. The van der Waals surface area contributed by atoms with Crippen molar-refractivity contribution in [3.8, 4) is 0 Å². The van der Waals surface area contributed by atoms with Crippen LogP contribution in [0.2, 0.25) is 5.02 Å². The minimum Gasteiger partial charge on any atom is -0.329 e. The number of halogens is 2. The molecule has 0 fully saturated rings. The fraction of sp³-hybridized carbons (Fsp3) is 0.333. The maximum absolute atomic E-state index is 6.17. The predicted molar refractivity (Wildman–Crippen MR) is 73.8 cm³/mol. The van der Waals surface area contributed by atoms with Crippen molar-refractivity contribution >= 4 is 27.5 Å². The first-order chi connectivity index (χ1) is 7.54. The Bertz CT molecular complexity index is 379. The van der Waals surface area contributed by atoms with Gasteiger partial charge in [-0.2, -0.15) is 0 Å². The first kappa shape index (κ1) is 13.7. The molecule has 0 amide bonds. The lowest BCUT2D eigenvalue weighted by atomic mass is 10.1. The predicted octanol–water partition coefficient (Wildman–Crippen LogP) is 3.27. The van der Waals surface area contributed by atoms with Crippen molar-refractivity contribution in [3.05, 3.63) is 45.4 Å². The van der Waals surface area contributed by atoms with Gasteiger partial charge >= 0.3 is 0 Å². The van der Waals surface area contributed by atoms with E-state index in [9.17, 15) is 0 Å². The van der Waals surface area contributed by atoms with Crippen LogP contribution in [0.4, 0.5) is 0 Å². The Morgan fingerprint density at radius 2 is 2.31 bits per heavy atom. The van der Waals surface area contributed by atoms with E-state index in [0.717, 1.165) is 27.2 Å². The van der Waals surface area contributed by atoms with Gasteiger partial charge in [-0.25, -0.2) is 0 Å². The van der Waals surface area contributed by atoms with Crippen LogP contribution >= 0.6 is 27.5 Å². The van der Waals surface area contributed by atoms with Crippen LogP contribution in [-0.4, -0.2) is 13.1 Å². The molecule has 1 aromatic carbocycles. The van der Waals surface area contributed by atoms with Crippen molar-refractivity contribution in [3.63, 3.8) is 0 Å². The lowest BCUT2D eigenvalue weighted by molar-refractivity contribution is 0.570. The van der Waals surface area contributed by atoms with Crippen molar-refractivity contribution in [1.82, 2.24) is 5.32 Å². The van der Waals surface area contributed by atoms with E-state index in [1.54, 1.807) is 0 Å². The summed E-state index contributed by atoms with van der Waals surface area (Å²) in [6, 6.07) is 5.89. The van der Waals surface area contributed by atoms with Crippen LogP contribution in [0.5, 0.6) is 0 Å². The van der Waals surface area contributed by atoms with Crippen molar-refractivity contribution < 1.29 is 0 Å². The topological polar surface area (TPSA) is 38.0 Å². The molecule has 1 atom stereocenters. The zero-order valence-electron chi connectivity index (χ0n) is 9.26. The molecule has 88 valence electrons. The minimum absolute atomic E-state index is 0.0669. The summed E-state index contributed by atoms with van der Waals surface area (Å²) >= 11 is 9.55. The zero-order chi connectivity index (χ0) is 12.1. The summed E-state index contributed by atoms with van der Waals surface area (Å²) in [6.45, 7) is 7.08. The molecule has 0 aromatic heterocycles. The summed E-state index contributed by atoms with van der Waals surface area (Å²) in [5.41, 5.74) is 7.83. The van der Waals surface area contributed by atoms with E-state index in [1.807, 2.05) is 25.1 Å². The average molecular weight is 304 g/mol. The minimum atomic E-state index is 0.0669. The third kappa shape index (κ3) is 3.91. The van der Waals surface area contributed by atoms with Crippen molar-refractivity contribution in [1.29, 1.82) is 0 Å². The van der Waals surface area contributed by atoms with Gasteiger partial charge in [-0.1, -0.05) is 45.7 Å². The van der Waals surface area contributed by atoms with E-state index in [2.05, 4.69) is 27.8 Å². The van der Waals surface area contributed by atoms with Crippen molar-refractivity contribution in [2.24, 2.45) is 5.73 Å². The number of nitrogens with two attached hydrogens (primary N) is 1. The molecule has 0 saturated heterocycles. The number of benzene rings is 1. The second-order valence-corrected chi connectivity index (χ2v) is 5.12. The first-order valence-electron chi connectivity index (χ1n) is 5.07. The Morgan fingerprint density at radius 1 is 1.62 bits per heavy atom. The summed E-state index contributed by atoms with van der Waals surface area (Å²) < 4.78 is 0.969. The van der Waals surface area contributed by atoms with E-state index < -0.39 is 0 Å². The highest BCUT2D eigenvalue weighted by molar-refractivity contribution is 9.10. The van der Waals surface area contributed by atoms with Gasteiger partial charge in [-0.15, -0.1) is 0 Å². The summed E-state index contributed by atoms with van der Waals surface area (Å²) in [7, 11) is 0. The molecule has 1 unspecified atom stereocenters. The largest absolute Gasteiger partial charge is 0.329 e. The molecule has 1 aromatic rings. The van der Waals surface area contributed by atoms with Crippen molar-refractivity contribution in [2.75, 3.05) is 13.1 Å². The van der Waals surface area contributed by atoms with Gasteiger partial charge in [0.1, 0.15) is 0 Å². The highest BCUT2D eigenvalue weighted by Gasteiger charge is 2.12. The molecule has 0 radical (unpaired) electrons. The maximum Gasteiger partial charge on any atom is 0.0465 e. The molecule has 4 heteroatoms. The molecule has 0 saturated carbocycles. The fourth-order valence-corrected chi connectivity index (χ4v) is 2.21. The molecule has 3 N–H and O–H groups in total. The van der Waals surface area contributed by atoms with Crippen LogP contribution in [0.3, 0.4) is 0 Å². The first-order valence-corrected chi connectivity index (χ1v) is 6.24. The van der Waals surface area contributed by atoms with E-state index in [1.165, 1.54) is 0 Å². The van der Waals surface area contributed by atoms with Gasteiger partial charge in [0.05, 0.1) is 0 Å². The molecule has 0 aliphatic carbocycles. The zero-order valence-corrected chi connectivity index (χ0v) is 11.6. The van der Waals surface area contributed by atoms with Gasteiger partial charge in [0.15, 0.2) is 0 Å². The molecule has 0 bridgehead atoms. The second kappa shape index (κ2) is 6.40. The standard InChI is InChI=1S/C12H16BrClN2/c1-8(2)7-16-12(6-15)10-4-3-9(13)5-11(10)14/h3-5,12,16H,1,6-7,15H2,2H3. The van der Waals surface area contributed by atoms with Gasteiger partial charge in [0.2, 0.25) is 0 Å². The highest BCUT2D eigenvalue weighted by Crippen LogP contribution is 2.26. The Balaban J connectivity index is 2.82.